The Hall–Kier alpha value is -2.14. The van der Waals surface area contributed by atoms with Gasteiger partial charge in [-0.25, -0.2) is 0 Å². The van der Waals surface area contributed by atoms with E-state index >= 15 is 0 Å². The van der Waals surface area contributed by atoms with Gasteiger partial charge in [0.1, 0.15) is 11.5 Å². The van der Waals surface area contributed by atoms with Crippen LogP contribution in [-0.2, 0) is 42.3 Å². The Labute approximate surface area is 152 Å². The van der Waals surface area contributed by atoms with Gasteiger partial charge in [0, 0.05) is 0 Å². The third-order valence-corrected chi connectivity index (χ3v) is 4.61. The van der Waals surface area contributed by atoms with Crippen molar-refractivity contribution in [1.82, 2.24) is 0 Å². The van der Waals surface area contributed by atoms with Gasteiger partial charge >= 0.3 is 20.8 Å². The molecule has 0 aromatic heterocycles. The number of para-hydroxylation sites is 2. The van der Waals surface area contributed by atoms with E-state index in [1.807, 2.05) is 0 Å². The molecule has 0 heterocycles. The van der Waals surface area contributed by atoms with Crippen LogP contribution in [0.3, 0.4) is 0 Å². The van der Waals surface area contributed by atoms with Gasteiger partial charge < -0.3 is 8.37 Å². The van der Waals surface area contributed by atoms with Crippen molar-refractivity contribution in [2.45, 2.75) is 26.7 Å². The van der Waals surface area contributed by atoms with Crippen molar-refractivity contribution < 1.29 is 33.9 Å². The predicted molar refractivity (Wildman–Crippen MR) is 92.9 cm³/mol. The van der Waals surface area contributed by atoms with Crippen LogP contribution in [0.2, 0.25) is 0 Å². The molecule has 26 heavy (non-hydrogen) atoms. The average Bonchev–Trinajstić information content (AvgIpc) is 2.61. The summed E-state index contributed by atoms with van der Waals surface area (Å²) in [6.07, 6.45) is 1.00. The van der Waals surface area contributed by atoms with Gasteiger partial charge in [0.15, 0.2) is 0 Å². The summed E-state index contributed by atoms with van der Waals surface area (Å²) in [7, 11) is -9.58. The van der Waals surface area contributed by atoms with Crippen molar-refractivity contribution in [3.63, 3.8) is 0 Å². The lowest BCUT2D eigenvalue weighted by Crippen LogP contribution is -2.20. The molecule has 2 aromatic rings. The van der Waals surface area contributed by atoms with Crippen molar-refractivity contribution in [2.75, 3.05) is 0 Å². The molecule has 0 saturated heterocycles. The Morgan fingerprint density at radius 1 is 0.654 bits per heavy atom. The van der Waals surface area contributed by atoms with E-state index in [9.17, 15) is 16.8 Å². The normalized spacial score (nSPS) is 11.9. The minimum Gasteiger partial charge on any atom is -0.360 e. The Morgan fingerprint density at radius 2 is 1.00 bits per heavy atom. The molecular weight excluding hydrogens is 384 g/mol. The topological polar surface area (TPSA) is 105 Å². The molecule has 142 valence electrons. The summed E-state index contributed by atoms with van der Waals surface area (Å²) in [5.74, 6) is 0.0153. The Balaban J connectivity index is 2.06. The third-order valence-electron chi connectivity index (χ3n) is 3.29. The molecule has 0 bridgehead atoms. The van der Waals surface area contributed by atoms with Gasteiger partial charge in [-0.15, -0.1) is 0 Å². The van der Waals surface area contributed by atoms with Crippen molar-refractivity contribution >= 4 is 20.8 Å². The van der Waals surface area contributed by atoms with Crippen LogP contribution in [0.5, 0.6) is 11.5 Å². The quantitative estimate of drug-likeness (QED) is 0.466. The van der Waals surface area contributed by atoms with E-state index in [0.29, 0.717) is 24.0 Å². The summed E-state index contributed by atoms with van der Waals surface area (Å²) in [5, 5.41) is 0. The van der Waals surface area contributed by atoms with Crippen molar-refractivity contribution in [3.05, 3.63) is 59.7 Å². The molecule has 0 fully saturated rings. The second-order valence-corrected chi connectivity index (χ2v) is 7.28. The van der Waals surface area contributed by atoms with E-state index < -0.39 is 20.8 Å². The van der Waals surface area contributed by atoms with Crippen LogP contribution in [0.15, 0.2) is 48.5 Å². The molecule has 0 aliphatic carbocycles. The van der Waals surface area contributed by atoms with E-state index in [-0.39, 0.29) is 11.5 Å². The molecule has 0 radical (unpaired) electrons. The fourth-order valence-electron chi connectivity index (χ4n) is 2.07. The summed E-state index contributed by atoms with van der Waals surface area (Å²) >= 11 is 0. The highest BCUT2D eigenvalue weighted by molar-refractivity contribution is 7.84. The zero-order valence-corrected chi connectivity index (χ0v) is 15.7. The molecule has 0 aliphatic rings. The summed E-state index contributed by atoms with van der Waals surface area (Å²) < 4.78 is 64.6. The van der Waals surface area contributed by atoms with Crippen LogP contribution in [0.25, 0.3) is 0 Å². The summed E-state index contributed by atoms with van der Waals surface area (Å²) in [6, 6.07) is 12.7. The summed E-state index contributed by atoms with van der Waals surface area (Å²) in [5.41, 5.74) is 1.19. The summed E-state index contributed by atoms with van der Waals surface area (Å²) in [6.45, 7) is 3.60. The smallest absolute Gasteiger partial charge is 0.360 e. The standard InChI is InChI=1S/C16H18O8S2/c1-3-13-9-5-7-11-15(13)21-25(17,18)23-24-26(19,20)22-16-12-8-6-10-14(16)4-2/h5-12H,3-4H2,1-2H3. The first-order valence-corrected chi connectivity index (χ1v) is 10.4. The first-order chi connectivity index (χ1) is 12.3. The Kier molecular flexibility index (Phi) is 6.59. The van der Waals surface area contributed by atoms with Crippen LogP contribution in [0, 0.1) is 0 Å². The van der Waals surface area contributed by atoms with Crippen LogP contribution < -0.4 is 8.37 Å². The zero-order valence-electron chi connectivity index (χ0n) is 14.1. The highest BCUT2D eigenvalue weighted by Gasteiger charge is 2.25. The molecule has 2 aromatic carbocycles. The monoisotopic (exact) mass is 402 g/mol. The van der Waals surface area contributed by atoms with Gasteiger partial charge in [-0.1, -0.05) is 58.9 Å². The molecule has 0 spiro atoms. The van der Waals surface area contributed by atoms with Crippen LogP contribution >= 0.6 is 0 Å². The first kappa shape index (κ1) is 20.2. The molecule has 0 amide bonds. The minimum absolute atomic E-state index is 0.00763. The largest absolute Gasteiger partial charge is 0.477 e. The van der Waals surface area contributed by atoms with E-state index in [2.05, 4.69) is 8.67 Å². The second-order valence-electron chi connectivity index (χ2n) is 5.04. The van der Waals surface area contributed by atoms with E-state index in [0.717, 1.165) is 0 Å². The van der Waals surface area contributed by atoms with Crippen LogP contribution in [0.4, 0.5) is 0 Å². The molecule has 0 N–H and O–H groups in total. The van der Waals surface area contributed by atoms with Gasteiger partial charge in [0.05, 0.1) is 0 Å². The third kappa shape index (κ3) is 5.70. The van der Waals surface area contributed by atoms with Gasteiger partial charge in [-0.05, 0) is 36.1 Å². The molecule has 0 unspecified atom stereocenters. The maximum atomic E-state index is 11.8. The lowest BCUT2D eigenvalue weighted by molar-refractivity contribution is -0.102. The van der Waals surface area contributed by atoms with Gasteiger partial charge in [-0.3, -0.25) is 0 Å². The van der Waals surface area contributed by atoms with Crippen molar-refractivity contribution in [2.24, 2.45) is 0 Å². The first-order valence-electron chi connectivity index (χ1n) is 7.68. The zero-order chi connectivity index (χ0) is 19.2. The second kappa shape index (κ2) is 8.49. The lowest BCUT2D eigenvalue weighted by atomic mass is 10.1. The SMILES string of the molecule is CCc1ccccc1OS(=O)(=O)OOS(=O)(=O)Oc1ccccc1CC. The average molecular weight is 402 g/mol. The number of benzene rings is 2. The Morgan fingerprint density at radius 3 is 1.35 bits per heavy atom. The van der Waals surface area contributed by atoms with Crippen molar-refractivity contribution in [3.8, 4) is 11.5 Å². The fraction of sp³-hybridized carbons (Fsp3) is 0.250. The number of hydrogen-bond donors (Lipinski definition) is 0. The number of aryl methyl sites for hydroxylation is 2. The summed E-state index contributed by atoms with van der Waals surface area (Å²) in [4.78, 5) is 0. The maximum Gasteiger partial charge on any atom is 0.477 e. The van der Waals surface area contributed by atoms with E-state index in [1.54, 1.807) is 50.2 Å². The van der Waals surface area contributed by atoms with Gasteiger partial charge in [0.2, 0.25) is 0 Å². The van der Waals surface area contributed by atoms with Gasteiger partial charge in [0.25, 0.3) is 0 Å². The highest BCUT2D eigenvalue weighted by atomic mass is 32.3. The fourth-order valence-corrected chi connectivity index (χ4v) is 3.44. The van der Waals surface area contributed by atoms with Crippen molar-refractivity contribution in [1.29, 1.82) is 0 Å². The molecule has 8 nitrogen and oxygen atoms in total. The molecular formula is C16H18O8S2. The predicted octanol–water partition coefficient (Wildman–Crippen LogP) is 2.71. The van der Waals surface area contributed by atoms with Gasteiger partial charge in [-0.2, -0.15) is 16.8 Å². The Bertz CT molecular complexity index is 872. The molecule has 2 rings (SSSR count). The molecule has 10 heteroatoms. The van der Waals surface area contributed by atoms with E-state index in [1.165, 1.54) is 12.1 Å². The highest BCUT2D eigenvalue weighted by Crippen LogP contribution is 2.23. The lowest BCUT2D eigenvalue weighted by Gasteiger charge is -2.10. The maximum absolute atomic E-state index is 11.8. The molecule has 0 atom stereocenters. The molecule has 0 aliphatic heterocycles. The number of rotatable bonds is 9. The molecule has 0 saturated carbocycles. The van der Waals surface area contributed by atoms with Crippen LogP contribution in [0.1, 0.15) is 25.0 Å². The number of hydrogen-bond acceptors (Lipinski definition) is 8. The van der Waals surface area contributed by atoms with Crippen LogP contribution in [-0.4, -0.2) is 16.8 Å². The van der Waals surface area contributed by atoms with E-state index in [4.69, 9.17) is 8.37 Å². The minimum atomic E-state index is -4.79.